The normalized spacial score (nSPS) is 17.6. The van der Waals surface area contributed by atoms with Gasteiger partial charge in [0.05, 0.1) is 0 Å². The number of alkyl carbamates (subject to hydrolysis) is 1. The van der Waals surface area contributed by atoms with E-state index >= 15 is 0 Å². The van der Waals surface area contributed by atoms with Crippen LogP contribution in [0.25, 0.3) is 0 Å². The molecule has 0 saturated heterocycles. The van der Waals surface area contributed by atoms with Gasteiger partial charge in [0.2, 0.25) is 0 Å². The molecule has 0 unspecified atom stereocenters. The molecule has 0 aromatic carbocycles. The Kier molecular flexibility index (Phi) is 4.80. The topological polar surface area (TPSA) is 50.4 Å². The summed E-state index contributed by atoms with van der Waals surface area (Å²) in [7, 11) is 0. The van der Waals surface area contributed by atoms with E-state index in [4.69, 9.17) is 4.74 Å². The summed E-state index contributed by atoms with van der Waals surface area (Å²) in [6.07, 6.45) is 4.41. The number of nitrogens with one attached hydrogen (secondary N) is 2. The maximum atomic E-state index is 11.3. The molecule has 1 rings (SSSR count). The summed E-state index contributed by atoms with van der Waals surface area (Å²) in [6, 6.07) is 0. The van der Waals surface area contributed by atoms with Crippen LogP contribution in [-0.2, 0) is 4.74 Å². The van der Waals surface area contributed by atoms with E-state index in [9.17, 15) is 4.79 Å². The zero-order chi connectivity index (χ0) is 12.9. The van der Waals surface area contributed by atoms with Gasteiger partial charge in [0, 0.05) is 12.1 Å². The first-order valence-electron chi connectivity index (χ1n) is 6.59. The molecule has 0 aliphatic heterocycles. The largest absolute Gasteiger partial charge is 0.444 e. The zero-order valence-corrected chi connectivity index (χ0v) is 11.6. The summed E-state index contributed by atoms with van der Waals surface area (Å²) in [5, 5.41) is 6.31. The minimum atomic E-state index is -0.414. The highest BCUT2D eigenvalue weighted by molar-refractivity contribution is 5.67. The third-order valence-corrected chi connectivity index (χ3v) is 3.05. The lowest BCUT2D eigenvalue weighted by Gasteiger charge is -2.20. The molecule has 17 heavy (non-hydrogen) atoms. The van der Waals surface area contributed by atoms with Crippen molar-refractivity contribution in [1.29, 1.82) is 0 Å². The predicted molar refractivity (Wildman–Crippen MR) is 69.1 cm³/mol. The van der Waals surface area contributed by atoms with Crippen LogP contribution < -0.4 is 10.6 Å². The van der Waals surface area contributed by atoms with Crippen LogP contribution in [0.15, 0.2) is 0 Å². The van der Waals surface area contributed by atoms with Crippen LogP contribution >= 0.6 is 0 Å². The molecular formula is C13H26N2O2. The number of hydrogen-bond acceptors (Lipinski definition) is 3. The van der Waals surface area contributed by atoms with Gasteiger partial charge in [0.25, 0.3) is 0 Å². The highest BCUT2D eigenvalue weighted by Gasteiger charge is 2.39. The summed E-state index contributed by atoms with van der Waals surface area (Å²) in [6.45, 7) is 9.45. The van der Waals surface area contributed by atoms with Crippen molar-refractivity contribution in [1.82, 2.24) is 10.6 Å². The van der Waals surface area contributed by atoms with E-state index in [1.54, 1.807) is 0 Å². The molecule has 1 saturated carbocycles. The highest BCUT2D eigenvalue weighted by Crippen LogP contribution is 2.38. The maximum Gasteiger partial charge on any atom is 0.407 e. The van der Waals surface area contributed by atoms with Crippen molar-refractivity contribution in [2.75, 3.05) is 13.1 Å². The highest BCUT2D eigenvalue weighted by atomic mass is 16.6. The third kappa shape index (κ3) is 5.91. The van der Waals surface area contributed by atoms with Crippen LogP contribution in [0.1, 0.15) is 53.4 Å². The van der Waals surface area contributed by atoms with Gasteiger partial charge < -0.3 is 15.4 Å². The van der Waals surface area contributed by atoms with Crippen LogP contribution in [-0.4, -0.2) is 30.3 Å². The van der Waals surface area contributed by atoms with Crippen molar-refractivity contribution < 1.29 is 9.53 Å². The molecule has 1 amide bonds. The Bertz CT molecular complexity index is 255. The van der Waals surface area contributed by atoms with E-state index in [1.165, 1.54) is 19.3 Å². The average molecular weight is 242 g/mol. The molecule has 100 valence electrons. The minimum Gasteiger partial charge on any atom is -0.444 e. The lowest BCUT2D eigenvalue weighted by Crippen LogP contribution is -2.36. The van der Waals surface area contributed by atoms with Crippen molar-refractivity contribution in [3.8, 4) is 0 Å². The Hall–Kier alpha value is -0.770. The first kappa shape index (κ1) is 14.3. The summed E-state index contributed by atoms with van der Waals surface area (Å²) >= 11 is 0. The fourth-order valence-electron chi connectivity index (χ4n) is 1.75. The molecule has 0 bridgehead atoms. The number of amides is 1. The molecule has 1 aliphatic carbocycles. The average Bonchev–Trinajstić information content (AvgIpc) is 2.95. The molecule has 2 N–H and O–H groups in total. The molecular weight excluding hydrogens is 216 g/mol. The molecule has 0 heterocycles. The van der Waals surface area contributed by atoms with E-state index in [1.807, 2.05) is 20.8 Å². The first-order valence-corrected chi connectivity index (χ1v) is 6.59. The molecule has 0 spiro atoms. The lowest BCUT2D eigenvalue weighted by atomic mass is 10.2. The summed E-state index contributed by atoms with van der Waals surface area (Å²) in [5.74, 6) is 0. The maximum absolute atomic E-state index is 11.3. The zero-order valence-electron chi connectivity index (χ0n) is 11.6. The fourth-order valence-corrected chi connectivity index (χ4v) is 1.75. The molecule has 0 atom stereocenters. The number of carbonyl (C=O) groups excluding carboxylic acids is 1. The van der Waals surface area contributed by atoms with Crippen LogP contribution in [0.5, 0.6) is 0 Å². The lowest BCUT2D eigenvalue weighted by molar-refractivity contribution is 0.0527. The van der Waals surface area contributed by atoms with Crippen LogP contribution in [0, 0.1) is 0 Å². The molecule has 0 aromatic rings. The first-order chi connectivity index (χ1) is 7.87. The predicted octanol–water partition coefficient (Wildman–Crippen LogP) is 2.43. The van der Waals surface area contributed by atoms with Crippen molar-refractivity contribution in [2.45, 2.75) is 64.5 Å². The van der Waals surface area contributed by atoms with Crippen molar-refractivity contribution >= 4 is 6.09 Å². The molecule has 1 aliphatic rings. The van der Waals surface area contributed by atoms with Gasteiger partial charge in [-0.1, -0.05) is 6.92 Å². The van der Waals surface area contributed by atoms with Gasteiger partial charge in [0.15, 0.2) is 0 Å². The molecule has 0 radical (unpaired) electrons. The van der Waals surface area contributed by atoms with Gasteiger partial charge in [-0.3, -0.25) is 0 Å². The summed E-state index contributed by atoms with van der Waals surface area (Å²) < 4.78 is 5.15. The van der Waals surface area contributed by atoms with E-state index in [0.717, 1.165) is 13.0 Å². The van der Waals surface area contributed by atoms with Crippen molar-refractivity contribution in [3.63, 3.8) is 0 Å². The summed E-state index contributed by atoms with van der Waals surface area (Å²) in [5.41, 5.74) is 0.00847. The van der Waals surface area contributed by atoms with Gasteiger partial charge in [-0.05, 0) is 53.0 Å². The quantitative estimate of drug-likeness (QED) is 0.703. The Balaban J connectivity index is 1.99. The van der Waals surface area contributed by atoms with E-state index in [-0.39, 0.29) is 6.09 Å². The number of rotatable bonds is 6. The Labute approximate surface area is 104 Å². The smallest absolute Gasteiger partial charge is 0.407 e. The monoisotopic (exact) mass is 242 g/mol. The Morgan fingerprint density at radius 2 is 1.94 bits per heavy atom. The molecule has 0 aromatic heterocycles. The van der Waals surface area contributed by atoms with Gasteiger partial charge in [-0.2, -0.15) is 0 Å². The Morgan fingerprint density at radius 3 is 2.41 bits per heavy atom. The molecule has 4 nitrogen and oxygen atoms in total. The molecule has 1 fully saturated rings. The standard InChI is InChI=1S/C13H26N2O2/c1-5-13(7-8-13)15-10-6-9-14-11(16)17-12(2,3)4/h15H,5-10H2,1-4H3,(H,14,16). The van der Waals surface area contributed by atoms with Gasteiger partial charge in [-0.15, -0.1) is 0 Å². The van der Waals surface area contributed by atoms with Crippen LogP contribution in [0.4, 0.5) is 4.79 Å². The van der Waals surface area contributed by atoms with E-state index in [0.29, 0.717) is 12.1 Å². The second kappa shape index (κ2) is 5.71. The number of hydrogen-bond donors (Lipinski definition) is 2. The van der Waals surface area contributed by atoms with Gasteiger partial charge >= 0.3 is 6.09 Å². The Morgan fingerprint density at radius 1 is 1.29 bits per heavy atom. The number of carbonyl (C=O) groups is 1. The SMILES string of the molecule is CCC1(NCCCNC(=O)OC(C)(C)C)CC1. The van der Waals surface area contributed by atoms with E-state index < -0.39 is 5.60 Å². The van der Waals surface area contributed by atoms with Crippen molar-refractivity contribution in [2.24, 2.45) is 0 Å². The minimum absolute atomic E-state index is 0.325. The number of ether oxygens (including phenoxy) is 1. The van der Waals surface area contributed by atoms with Gasteiger partial charge in [-0.25, -0.2) is 4.79 Å². The summed E-state index contributed by atoms with van der Waals surface area (Å²) in [4.78, 5) is 11.3. The molecule has 4 heteroatoms. The second-order valence-electron chi connectivity index (χ2n) is 5.84. The van der Waals surface area contributed by atoms with Crippen LogP contribution in [0.3, 0.4) is 0 Å². The third-order valence-electron chi connectivity index (χ3n) is 3.05. The fraction of sp³-hybridized carbons (Fsp3) is 0.923. The van der Waals surface area contributed by atoms with Crippen molar-refractivity contribution in [3.05, 3.63) is 0 Å². The van der Waals surface area contributed by atoms with E-state index in [2.05, 4.69) is 17.6 Å². The van der Waals surface area contributed by atoms with Gasteiger partial charge in [0.1, 0.15) is 5.60 Å². The second-order valence-corrected chi connectivity index (χ2v) is 5.84. The van der Waals surface area contributed by atoms with Crippen LogP contribution in [0.2, 0.25) is 0 Å².